The van der Waals surface area contributed by atoms with Crippen LogP contribution >= 0.6 is 0 Å². The number of nitrogens with zero attached hydrogens (tertiary/aromatic N) is 2. The van der Waals surface area contributed by atoms with Gasteiger partial charge >= 0.3 is 6.09 Å². The van der Waals surface area contributed by atoms with Gasteiger partial charge in [0.1, 0.15) is 5.60 Å². The van der Waals surface area contributed by atoms with Gasteiger partial charge in [-0.05, 0) is 44.4 Å². The van der Waals surface area contributed by atoms with Crippen molar-refractivity contribution in [1.82, 2.24) is 10.2 Å². The number of amides is 1. The van der Waals surface area contributed by atoms with E-state index in [9.17, 15) is 4.79 Å². The number of piperidine rings is 2. The number of anilines is 1. The first kappa shape index (κ1) is 16.1. The highest BCUT2D eigenvalue weighted by Gasteiger charge is 2.45. The summed E-state index contributed by atoms with van der Waals surface area (Å²) in [5.74, 6) is 1.68. The third-order valence-corrected chi connectivity index (χ3v) is 6.14. The SMILES string of the molecule is O=C1NCC2(CCCN(C3CCN(c4ccc5c(c4)OCO5)CC3)C2)O1. The molecular weight excluding hydrogens is 334 g/mol. The smallest absolute Gasteiger partial charge is 0.407 e. The largest absolute Gasteiger partial charge is 0.454 e. The first-order valence-electron chi connectivity index (χ1n) is 9.56. The molecule has 4 aliphatic heterocycles. The predicted molar refractivity (Wildman–Crippen MR) is 95.8 cm³/mol. The molecular formula is C19H25N3O4. The molecule has 26 heavy (non-hydrogen) atoms. The fraction of sp³-hybridized carbons (Fsp3) is 0.632. The molecule has 7 heteroatoms. The summed E-state index contributed by atoms with van der Waals surface area (Å²) in [6.45, 7) is 5.00. The van der Waals surface area contributed by atoms with Gasteiger partial charge in [0.05, 0.1) is 6.54 Å². The zero-order valence-corrected chi connectivity index (χ0v) is 14.9. The molecule has 0 saturated carbocycles. The molecule has 3 saturated heterocycles. The highest BCUT2D eigenvalue weighted by Crippen LogP contribution is 2.37. The summed E-state index contributed by atoms with van der Waals surface area (Å²) >= 11 is 0. The standard InChI is InChI=1S/C19H25N3O4/c23-18-20-11-19(26-18)6-1-7-22(12-19)14-4-8-21(9-5-14)15-2-3-16-17(10-15)25-13-24-16/h2-3,10,14H,1,4-9,11-13H2,(H,20,23). The molecule has 1 unspecified atom stereocenters. The Morgan fingerprint density at radius 1 is 1.12 bits per heavy atom. The molecule has 1 N–H and O–H groups in total. The Morgan fingerprint density at radius 2 is 1.96 bits per heavy atom. The third-order valence-electron chi connectivity index (χ3n) is 6.14. The van der Waals surface area contributed by atoms with Crippen LogP contribution in [0.25, 0.3) is 0 Å². The lowest BCUT2D eigenvalue weighted by Gasteiger charge is -2.45. The molecule has 0 aromatic heterocycles. The molecule has 140 valence electrons. The van der Waals surface area contributed by atoms with E-state index in [1.165, 1.54) is 5.69 Å². The van der Waals surface area contributed by atoms with Gasteiger partial charge in [-0.15, -0.1) is 0 Å². The molecule has 0 radical (unpaired) electrons. The van der Waals surface area contributed by atoms with Crippen LogP contribution in [-0.4, -0.2) is 62.2 Å². The predicted octanol–water partition coefficient (Wildman–Crippen LogP) is 1.96. The highest BCUT2D eigenvalue weighted by atomic mass is 16.7. The van der Waals surface area contributed by atoms with E-state index in [-0.39, 0.29) is 11.7 Å². The minimum Gasteiger partial charge on any atom is -0.454 e. The number of alkyl carbamates (subject to hydrolysis) is 1. The second-order valence-corrected chi connectivity index (χ2v) is 7.76. The van der Waals surface area contributed by atoms with Crippen molar-refractivity contribution in [2.75, 3.05) is 44.4 Å². The van der Waals surface area contributed by atoms with Crippen molar-refractivity contribution in [2.24, 2.45) is 0 Å². The van der Waals surface area contributed by atoms with Crippen LogP contribution in [0.1, 0.15) is 25.7 Å². The monoisotopic (exact) mass is 359 g/mol. The molecule has 0 aliphatic carbocycles. The molecule has 5 rings (SSSR count). The van der Waals surface area contributed by atoms with Crippen molar-refractivity contribution < 1.29 is 19.0 Å². The van der Waals surface area contributed by atoms with E-state index in [2.05, 4.69) is 27.2 Å². The van der Waals surface area contributed by atoms with E-state index in [0.717, 1.165) is 63.4 Å². The van der Waals surface area contributed by atoms with Crippen molar-refractivity contribution in [3.05, 3.63) is 18.2 Å². The quantitative estimate of drug-likeness (QED) is 0.871. The molecule has 1 aromatic rings. The fourth-order valence-electron chi connectivity index (χ4n) is 4.75. The van der Waals surface area contributed by atoms with Gasteiger partial charge in [-0.2, -0.15) is 0 Å². The molecule has 0 bridgehead atoms. The molecule has 3 fully saturated rings. The average Bonchev–Trinajstić information content (AvgIpc) is 3.28. The minimum atomic E-state index is -0.302. The first-order valence-corrected chi connectivity index (χ1v) is 9.56. The number of likely N-dealkylation sites (tertiary alicyclic amines) is 1. The zero-order chi connectivity index (χ0) is 17.6. The maximum Gasteiger partial charge on any atom is 0.407 e. The van der Waals surface area contributed by atoms with Gasteiger partial charge in [0.25, 0.3) is 0 Å². The Balaban J connectivity index is 1.21. The van der Waals surface area contributed by atoms with Gasteiger partial charge in [0.15, 0.2) is 11.5 Å². The van der Waals surface area contributed by atoms with Crippen LogP contribution in [-0.2, 0) is 4.74 Å². The van der Waals surface area contributed by atoms with Crippen LogP contribution in [0.15, 0.2) is 18.2 Å². The molecule has 1 aromatic carbocycles. The second kappa shape index (κ2) is 6.23. The van der Waals surface area contributed by atoms with E-state index >= 15 is 0 Å². The molecule has 1 spiro atoms. The van der Waals surface area contributed by atoms with E-state index in [1.807, 2.05) is 6.07 Å². The number of carbonyl (C=O) groups is 1. The van der Waals surface area contributed by atoms with Crippen molar-refractivity contribution >= 4 is 11.8 Å². The summed E-state index contributed by atoms with van der Waals surface area (Å²) in [6.07, 6.45) is 4.07. The van der Waals surface area contributed by atoms with E-state index in [0.29, 0.717) is 19.4 Å². The fourth-order valence-corrected chi connectivity index (χ4v) is 4.75. The van der Waals surface area contributed by atoms with Gasteiger partial charge in [-0.1, -0.05) is 0 Å². The Labute approximate surface area is 153 Å². The molecule has 1 amide bonds. The first-order chi connectivity index (χ1) is 12.7. The van der Waals surface area contributed by atoms with Crippen molar-refractivity contribution in [1.29, 1.82) is 0 Å². The lowest BCUT2D eigenvalue weighted by atomic mass is 9.90. The summed E-state index contributed by atoms with van der Waals surface area (Å²) in [7, 11) is 0. The number of rotatable bonds is 2. The van der Waals surface area contributed by atoms with Gasteiger partial charge < -0.3 is 24.4 Å². The maximum absolute atomic E-state index is 11.5. The molecule has 4 aliphatic rings. The lowest BCUT2D eigenvalue weighted by molar-refractivity contribution is -0.0258. The van der Waals surface area contributed by atoms with Crippen molar-refractivity contribution in [3.8, 4) is 11.5 Å². The Bertz CT molecular complexity index is 704. The van der Waals surface area contributed by atoms with Crippen molar-refractivity contribution in [3.63, 3.8) is 0 Å². The van der Waals surface area contributed by atoms with Crippen LogP contribution < -0.4 is 19.7 Å². The van der Waals surface area contributed by atoms with Crippen LogP contribution in [0, 0.1) is 0 Å². The Kier molecular flexibility index (Phi) is 3.85. The third kappa shape index (κ3) is 2.84. The Morgan fingerprint density at radius 3 is 2.77 bits per heavy atom. The van der Waals surface area contributed by atoms with Gasteiger partial charge in [-0.3, -0.25) is 4.90 Å². The van der Waals surface area contributed by atoms with Crippen LogP contribution in [0.5, 0.6) is 11.5 Å². The summed E-state index contributed by atoms with van der Waals surface area (Å²) < 4.78 is 16.5. The van der Waals surface area contributed by atoms with Gasteiger partial charge in [-0.25, -0.2) is 4.79 Å². The van der Waals surface area contributed by atoms with Crippen LogP contribution in [0.4, 0.5) is 10.5 Å². The zero-order valence-electron chi connectivity index (χ0n) is 14.9. The number of hydrogen-bond acceptors (Lipinski definition) is 6. The highest BCUT2D eigenvalue weighted by molar-refractivity contribution is 5.70. The molecule has 4 heterocycles. The number of hydrogen-bond donors (Lipinski definition) is 1. The van der Waals surface area contributed by atoms with Crippen LogP contribution in [0.3, 0.4) is 0 Å². The molecule has 1 atom stereocenters. The number of ether oxygens (including phenoxy) is 3. The topological polar surface area (TPSA) is 63.3 Å². The van der Waals surface area contributed by atoms with Gasteiger partial charge in [0, 0.05) is 37.4 Å². The van der Waals surface area contributed by atoms with E-state index in [1.54, 1.807) is 0 Å². The minimum absolute atomic E-state index is 0.260. The number of fused-ring (bicyclic) bond motifs is 1. The number of benzene rings is 1. The summed E-state index contributed by atoms with van der Waals surface area (Å²) in [4.78, 5) is 16.5. The summed E-state index contributed by atoms with van der Waals surface area (Å²) in [6, 6.07) is 6.77. The summed E-state index contributed by atoms with van der Waals surface area (Å²) in [5.41, 5.74) is 0.904. The molecule has 7 nitrogen and oxygen atoms in total. The number of nitrogens with one attached hydrogen (secondary N) is 1. The van der Waals surface area contributed by atoms with Crippen molar-refractivity contribution in [2.45, 2.75) is 37.3 Å². The Hall–Kier alpha value is -2.15. The van der Waals surface area contributed by atoms with Crippen LogP contribution in [0.2, 0.25) is 0 Å². The van der Waals surface area contributed by atoms with E-state index < -0.39 is 0 Å². The van der Waals surface area contributed by atoms with E-state index in [4.69, 9.17) is 14.2 Å². The number of carbonyl (C=O) groups excluding carboxylic acids is 1. The maximum atomic E-state index is 11.5. The normalized spacial score (nSPS) is 29.1. The van der Waals surface area contributed by atoms with Gasteiger partial charge in [0.2, 0.25) is 6.79 Å². The summed E-state index contributed by atoms with van der Waals surface area (Å²) in [5, 5.41) is 2.83. The second-order valence-electron chi connectivity index (χ2n) is 7.76. The lowest BCUT2D eigenvalue weighted by Crippen LogP contribution is -2.55. The average molecular weight is 359 g/mol.